The Morgan fingerprint density at radius 2 is 2.11 bits per heavy atom. The van der Waals surface area contributed by atoms with Crippen LogP contribution in [-0.4, -0.2) is 15.5 Å². The highest BCUT2D eigenvalue weighted by atomic mass is 79.9. The first-order valence-electron chi connectivity index (χ1n) is 5.40. The molecule has 0 fully saturated rings. The third-order valence-corrected chi connectivity index (χ3v) is 2.85. The number of anilines is 1. The minimum Gasteiger partial charge on any atom is -0.324 e. The Hall–Kier alpha value is -2.15. The predicted octanol–water partition coefficient (Wildman–Crippen LogP) is 0.938. The first kappa shape index (κ1) is 13.3. The number of aromatic amines is 1. The molecule has 0 radical (unpaired) electrons. The molecule has 0 atom stereocenters. The number of nitrogens with zero attached hydrogens (tertiary/aromatic N) is 1. The molecule has 2 rings (SSSR count). The van der Waals surface area contributed by atoms with E-state index in [-0.39, 0.29) is 6.54 Å². The van der Waals surface area contributed by atoms with Crippen LogP contribution >= 0.6 is 15.9 Å². The average molecular weight is 324 g/mol. The molecular formula is C12H10BrN3O3. The molecular weight excluding hydrogens is 314 g/mol. The number of rotatable bonds is 3. The molecule has 0 aliphatic carbocycles. The number of benzene rings is 1. The van der Waals surface area contributed by atoms with Crippen LogP contribution in [0.5, 0.6) is 0 Å². The van der Waals surface area contributed by atoms with Crippen molar-refractivity contribution in [1.82, 2.24) is 9.55 Å². The highest BCUT2D eigenvalue weighted by Crippen LogP contribution is 2.15. The van der Waals surface area contributed by atoms with Gasteiger partial charge in [0.05, 0.1) is 0 Å². The van der Waals surface area contributed by atoms with Gasteiger partial charge in [0.2, 0.25) is 5.91 Å². The summed E-state index contributed by atoms with van der Waals surface area (Å²) in [5, 5.41) is 2.60. The Bertz CT molecular complexity index is 692. The number of carbonyl (C=O) groups is 1. The quantitative estimate of drug-likeness (QED) is 0.881. The highest BCUT2D eigenvalue weighted by Gasteiger charge is 2.07. The Morgan fingerprint density at radius 3 is 2.79 bits per heavy atom. The number of hydrogen-bond donors (Lipinski definition) is 2. The number of nitrogens with one attached hydrogen (secondary N) is 2. The molecule has 7 heteroatoms. The van der Waals surface area contributed by atoms with Gasteiger partial charge in [-0.1, -0.05) is 22.0 Å². The SMILES string of the molecule is O=C(Cn1c(=O)cc[nH]c1=O)Nc1cccc(Br)c1. The summed E-state index contributed by atoms with van der Waals surface area (Å²) >= 11 is 3.28. The molecule has 6 nitrogen and oxygen atoms in total. The summed E-state index contributed by atoms with van der Waals surface area (Å²) < 4.78 is 1.65. The van der Waals surface area contributed by atoms with E-state index in [0.29, 0.717) is 5.69 Å². The van der Waals surface area contributed by atoms with Crippen molar-refractivity contribution < 1.29 is 4.79 Å². The standard InChI is InChI=1S/C12H10BrN3O3/c13-8-2-1-3-9(6-8)15-10(17)7-16-11(18)4-5-14-12(16)19/h1-6H,7H2,(H,14,19)(H,15,17). The minimum atomic E-state index is -0.614. The molecule has 0 unspecified atom stereocenters. The number of carbonyl (C=O) groups excluding carboxylic acids is 1. The van der Waals surface area contributed by atoms with Crippen LogP contribution in [0.4, 0.5) is 5.69 Å². The van der Waals surface area contributed by atoms with Crippen molar-refractivity contribution in [2.24, 2.45) is 0 Å². The molecule has 0 aliphatic heterocycles. The van der Waals surface area contributed by atoms with Crippen molar-refractivity contribution in [3.8, 4) is 0 Å². The third kappa shape index (κ3) is 3.41. The van der Waals surface area contributed by atoms with Crippen LogP contribution in [0.3, 0.4) is 0 Å². The summed E-state index contributed by atoms with van der Waals surface area (Å²) in [7, 11) is 0. The van der Waals surface area contributed by atoms with Crippen LogP contribution in [0.25, 0.3) is 0 Å². The van der Waals surface area contributed by atoms with Gasteiger partial charge in [0, 0.05) is 22.4 Å². The maximum Gasteiger partial charge on any atom is 0.328 e. The van der Waals surface area contributed by atoms with Crippen molar-refractivity contribution in [3.63, 3.8) is 0 Å². The molecule has 2 N–H and O–H groups in total. The molecule has 1 amide bonds. The van der Waals surface area contributed by atoms with Crippen molar-refractivity contribution in [3.05, 3.63) is 61.8 Å². The van der Waals surface area contributed by atoms with Gasteiger partial charge in [-0.3, -0.25) is 14.2 Å². The summed E-state index contributed by atoms with van der Waals surface area (Å²) in [4.78, 5) is 36.9. The van der Waals surface area contributed by atoms with Crippen LogP contribution in [0.15, 0.2) is 50.6 Å². The van der Waals surface area contributed by atoms with Crippen molar-refractivity contribution >= 4 is 27.5 Å². The van der Waals surface area contributed by atoms with E-state index in [4.69, 9.17) is 0 Å². The molecule has 0 saturated heterocycles. The number of hydrogen-bond acceptors (Lipinski definition) is 3. The Labute approximate surface area is 116 Å². The molecule has 2 aromatic rings. The summed E-state index contributed by atoms with van der Waals surface area (Å²) in [5.74, 6) is -0.447. The normalized spacial score (nSPS) is 10.2. The van der Waals surface area contributed by atoms with Gasteiger partial charge in [-0.2, -0.15) is 0 Å². The van der Waals surface area contributed by atoms with E-state index in [1.165, 1.54) is 12.3 Å². The summed E-state index contributed by atoms with van der Waals surface area (Å²) in [6, 6.07) is 8.20. The first-order chi connectivity index (χ1) is 9.06. The third-order valence-electron chi connectivity index (χ3n) is 2.35. The number of amides is 1. The van der Waals surface area contributed by atoms with Gasteiger partial charge < -0.3 is 10.3 Å². The van der Waals surface area contributed by atoms with Crippen molar-refractivity contribution in [1.29, 1.82) is 0 Å². The van der Waals surface area contributed by atoms with Gasteiger partial charge >= 0.3 is 5.69 Å². The summed E-state index contributed by atoms with van der Waals surface area (Å²) in [6.07, 6.45) is 1.24. The van der Waals surface area contributed by atoms with Crippen LogP contribution in [0.2, 0.25) is 0 Å². The Kier molecular flexibility index (Phi) is 3.96. The van der Waals surface area contributed by atoms with E-state index in [2.05, 4.69) is 26.2 Å². The Morgan fingerprint density at radius 1 is 1.32 bits per heavy atom. The van der Waals surface area contributed by atoms with E-state index in [0.717, 1.165) is 9.04 Å². The number of halogens is 1. The fourth-order valence-corrected chi connectivity index (χ4v) is 1.91. The summed E-state index contributed by atoms with van der Waals surface area (Å²) in [6.45, 7) is -0.332. The summed E-state index contributed by atoms with van der Waals surface area (Å²) in [5.41, 5.74) is -0.551. The van der Waals surface area contributed by atoms with Crippen LogP contribution in [0, 0.1) is 0 Å². The fourth-order valence-electron chi connectivity index (χ4n) is 1.51. The molecule has 98 valence electrons. The lowest BCUT2D eigenvalue weighted by molar-refractivity contribution is -0.116. The van der Waals surface area contributed by atoms with Crippen LogP contribution in [0.1, 0.15) is 0 Å². The molecule has 1 heterocycles. The number of aromatic nitrogens is 2. The van der Waals surface area contributed by atoms with Gasteiger partial charge in [-0.15, -0.1) is 0 Å². The molecule has 0 bridgehead atoms. The van der Waals surface area contributed by atoms with Crippen LogP contribution in [-0.2, 0) is 11.3 Å². The van der Waals surface area contributed by atoms with E-state index >= 15 is 0 Å². The van der Waals surface area contributed by atoms with Crippen LogP contribution < -0.4 is 16.6 Å². The lowest BCUT2D eigenvalue weighted by atomic mass is 10.3. The molecule has 0 aliphatic rings. The smallest absolute Gasteiger partial charge is 0.324 e. The van der Waals surface area contributed by atoms with E-state index in [9.17, 15) is 14.4 Å². The monoisotopic (exact) mass is 323 g/mol. The lowest BCUT2D eigenvalue weighted by Gasteiger charge is -2.06. The topological polar surface area (TPSA) is 84.0 Å². The second kappa shape index (κ2) is 5.66. The van der Waals surface area contributed by atoms with Gasteiger partial charge in [0.1, 0.15) is 6.54 Å². The lowest BCUT2D eigenvalue weighted by Crippen LogP contribution is -2.37. The number of H-pyrrole nitrogens is 1. The average Bonchev–Trinajstić information content (AvgIpc) is 2.34. The van der Waals surface area contributed by atoms with Gasteiger partial charge in [-0.25, -0.2) is 4.79 Å². The maximum absolute atomic E-state index is 11.8. The van der Waals surface area contributed by atoms with E-state index in [1.54, 1.807) is 18.2 Å². The molecule has 19 heavy (non-hydrogen) atoms. The van der Waals surface area contributed by atoms with E-state index in [1.807, 2.05) is 6.07 Å². The van der Waals surface area contributed by atoms with Gasteiger partial charge in [0.15, 0.2) is 0 Å². The zero-order chi connectivity index (χ0) is 13.8. The zero-order valence-corrected chi connectivity index (χ0v) is 11.3. The molecule has 0 saturated carbocycles. The second-order valence-electron chi connectivity index (χ2n) is 3.77. The predicted molar refractivity (Wildman–Crippen MR) is 74.1 cm³/mol. The van der Waals surface area contributed by atoms with E-state index < -0.39 is 17.2 Å². The second-order valence-corrected chi connectivity index (χ2v) is 4.68. The van der Waals surface area contributed by atoms with Crippen molar-refractivity contribution in [2.75, 3.05) is 5.32 Å². The largest absolute Gasteiger partial charge is 0.328 e. The maximum atomic E-state index is 11.8. The van der Waals surface area contributed by atoms with Gasteiger partial charge in [-0.05, 0) is 18.2 Å². The van der Waals surface area contributed by atoms with Gasteiger partial charge in [0.25, 0.3) is 5.56 Å². The molecule has 1 aromatic carbocycles. The Balaban J connectivity index is 2.14. The molecule has 1 aromatic heterocycles. The van der Waals surface area contributed by atoms with Crippen molar-refractivity contribution in [2.45, 2.75) is 6.54 Å². The minimum absolute atomic E-state index is 0.332. The first-order valence-corrected chi connectivity index (χ1v) is 6.19. The molecule has 0 spiro atoms. The fraction of sp³-hybridized carbons (Fsp3) is 0.0833. The zero-order valence-electron chi connectivity index (χ0n) is 9.72. The highest BCUT2D eigenvalue weighted by molar-refractivity contribution is 9.10.